The summed E-state index contributed by atoms with van der Waals surface area (Å²) in [7, 11) is 0. The van der Waals surface area contributed by atoms with Gasteiger partial charge in [-0.05, 0) is 30.3 Å². The molecule has 144 valence electrons. The van der Waals surface area contributed by atoms with Crippen molar-refractivity contribution in [2.24, 2.45) is 0 Å². The summed E-state index contributed by atoms with van der Waals surface area (Å²) in [6.45, 7) is -0.198. The van der Waals surface area contributed by atoms with Crippen LogP contribution in [0.5, 0.6) is 0 Å². The van der Waals surface area contributed by atoms with Crippen molar-refractivity contribution in [2.45, 2.75) is 6.54 Å². The van der Waals surface area contributed by atoms with Gasteiger partial charge in [-0.1, -0.05) is 18.2 Å². The molecule has 0 atom stereocenters. The molecule has 0 saturated heterocycles. The van der Waals surface area contributed by atoms with Gasteiger partial charge in [0.15, 0.2) is 5.78 Å². The number of benzene rings is 1. The van der Waals surface area contributed by atoms with Crippen LogP contribution in [0.4, 0.5) is 15.0 Å². The summed E-state index contributed by atoms with van der Waals surface area (Å²) >= 11 is 0. The molecule has 1 aromatic carbocycles. The van der Waals surface area contributed by atoms with Crippen LogP contribution < -0.4 is 4.90 Å². The fourth-order valence-electron chi connectivity index (χ4n) is 3.02. The van der Waals surface area contributed by atoms with Gasteiger partial charge in [-0.15, -0.1) is 0 Å². The Morgan fingerprint density at radius 2 is 1.90 bits per heavy atom. The number of aromatic nitrogens is 3. The largest absolute Gasteiger partial charge is 0.465 e. The van der Waals surface area contributed by atoms with Crippen molar-refractivity contribution < 1.29 is 19.1 Å². The number of fused-ring (bicyclic) bond motifs is 1. The van der Waals surface area contributed by atoms with Crippen molar-refractivity contribution in [3.05, 3.63) is 89.6 Å². The minimum atomic E-state index is -1.28. The molecule has 0 saturated carbocycles. The van der Waals surface area contributed by atoms with Crippen LogP contribution in [0.3, 0.4) is 0 Å². The van der Waals surface area contributed by atoms with Crippen LogP contribution in [-0.2, 0) is 6.54 Å². The van der Waals surface area contributed by atoms with Gasteiger partial charge in [0.1, 0.15) is 17.3 Å². The first-order valence-corrected chi connectivity index (χ1v) is 8.71. The first-order valence-electron chi connectivity index (χ1n) is 8.71. The molecule has 0 bridgehead atoms. The number of pyridine rings is 2. The number of H-pyrrole nitrogens is 1. The Bertz CT molecular complexity index is 1200. The van der Waals surface area contributed by atoms with Gasteiger partial charge in [-0.25, -0.2) is 19.2 Å². The van der Waals surface area contributed by atoms with Crippen LogP contribution >= 0.6 is 0 Å². The monoisotopic (exact) mass is 390 g/mol. The summed E-state index contributed by atoms with van der Waals surface area (Å²) in [6.07, 6.45) is 3.24. The normalized spacial score (nSPS) is 10.8. The van der Waals surface area contributed by atoms with Gasteiger partial charge in [0.2, 0.25) is 0 Å². The van der Waals surface area contributed by atoms with Crippen molar-refractivity contribution in [1.29, 1.82) is 0 Å². The third kappa shape index (κ3) is 3.55. The minimum absolute atomic E-state index is 0.0953. The highest BCUT2D eigenvalue weighted by molar-refractivity contribution is 6.15. The Kier molecular flexibility index (Phi) is 4.74. The average Bonchev–Trinajstić information content (AvgIpc) is 3.17. The molecular weight excluding hydrogens is 375 g/mol. The molecule has 4 aromatic rings. The molecule has 0 fully saturated rings. The van der Waals surface area contributed by atoms with Gasteiger partial charge in [0.05, 0.1) is 6.54 Å². The number of halogens is 1. The molecule has 7 nitrogen and oxygen atoms in total. The number of carboxylic acid groups (broad SMARTS) is 1. The number of nitrogens with one attached hydrogen (secondary N) is 1. The van der Waals surface area contributed by atoms with E-state index in [9.17, 15) is 19.1 Å². The average molecular weight is 390 g/mol. The third-order valence-corrected chi connectivity index (χ3v) is 4.50. The molecule has 1 amide bonds. The molecule has 0 unspecified atom stereocenters. The van der Waals surface area contributed by atoms with E-state index < -0.39 is 11.9 Å². The van der Waals surface area contributed by atoms with E-state index in [0.29, 0.717) is 22.2 Å². The van der Waals surface area contributed by atoms with Crippen LogP contribution in [0.2, 0.25) is 0 Å². The van der Waals surface area contributed by atoms with Crippen LogP contribution in [0.1, 0.15) is 21.5 Å². The number of ketones is 1. The van der Waals surface area contributed by atoms with Crippen LogP contribution in [-0.4, -0.2) is 31.9 Å². The van der Waals surface area contributed by atoms with Crippen LogP contribution in [0, 0.1) is 5.82 Å². The minimum Gasteiger partial charge on any atom is -0.465 e. The molecule has 3 aromatic heterocycles. The molecule has 29 heavy (non-hydrogen) atoms. The number of nitrogens with zero attached hydrogens (tertiary/aromatic N) is 3. The molecule has 3 heterocycles. The number of rotatable bonds is 5. The standard InChI is InChI=1S/C21H15FN4O3/c22-17-6-2-1-4-14(17)12-26(21(28)29)18-8-7-13(10-24-18)19(27)16-11-25-20-15(16)5-3-9-23-20/h1-11H,12H2,(H,23,25)(H,28,29). The number of hydrogen-bond acceptors (Lipinski definition) is 4. The summed E-state index contributed by atoms with van der Waals surface area (Å²) < 4.78 is 13.9. The number of aromatic amines is 1. The molecule has 0 aliphatic rings. The van der Waals surface area contributed by atoms with E-state index in [-0.39, 0.29) is 23.7 Å². The second kappa shape index (κ2) is 7.51. The molecular formula is C21H15FN4O3. The molecule has 4 rings (SSSR count). The fourth-order valence-corrected chi connectivity index (χ4v) is 3.02. The topological polar surface area (TPSA) is 99.2 Å². The second-order valence-corrected chi connectivity index (χ2v) is 6.30. The maximum atomic E-state index is 13.9. The van der Waals surface area contributed by atoms with Gasteiger partial charge >= 0.3 is 6.09 Å². The predicted octanol–water partition coefficient (Wildman–Crippen LogP) is 4.01. The van der Waals surface area contributed by atoms with Crippen molar-refractivity contribution in [1.82, 2.24) is 15.0 Å². The zero-order chi connectivity index (χ0) is 20.4. The Labute approximate surface area is 164 Å². The molecule has 0 radical (unpaired) electrons. The second-order valence-electron chi connectivity index (χ2n) is 6.30. The Morgan fingerprint density at radius 1 is 1.07 bits per heavy atom. The molecule has 8 heteroatoms. The zero-order valence-electron chi connectivity index (χ0n) is 15.0. The van der Waals surface area contributed by atoms with Gasteiger partial charge in [0, 0.05) is 40.7 Å². The SMILES string of the molecule is O=C(c1ccc(N(Cc2ccccc2F)C(=O)O)nc1)c1c[nH]c2ncccc12. The van der Waals surface area contributed by atoms with Crippen LogP contribution in [0.25, 0.3) is 11.0 Å². The lowest BCUT2D eigenvalue weighted by Crippen LogP contribution is -2.29. The van der Waals surface area contributed by atoms with Gasteiger partial charge in [0.25, 0.3) is 0 Å². The molecule has 0 spiro atoms. The highest BCUT2D eigenvalue weighted by atomic mass is 19.1. The van der Waals surface area contributed by atoms with Crippen molar-refractivity contribution >= 4 is 28.7 Å². The van der Waals surface area contributed by atoms with E-state index in [4.69, 9.17) is 0 Å². The summed E-state index contributed by atoms with van der Waals surface area (Å²) in [5, 5.41) is 10.2. The van der Waals surface area contributed by atoms with E-state index in [0.717, 1.165) is 4.90 Å². The lowest BCUT2D eigenvalue weighted by molar-refractivity contribution is 0.104. The van der Waals surface area contributed by atoms with Gasteiger partial charge in [-0.3, -0.25) is 9.69 Å². The first-order chi connectivity index (χ1) is 14.0. The smallest absolute Gasteiger partial charge is 0.413 e. The maximum Gasteiger partial charge on any atom is 0.413 e. The van der Waals surface area contributed by atoms with E-state index in [1.165, 1.54) is 36.5 Å². The first kappa shape index (κ1) is 18.3. The summed E-state index contributed by atoms with van der Waals surface area (Å²) in [5.74, 6) is -0.671. The van der Waals surface area contributed by atoms with E-state index in [1.807, 2.05) is 0 Å². The molecule has 2 N–H and O–H groups in total. The summed E-state index contributed by atoms with van der Waals surface area (Å²) in [6, 6.07) is 12.4. The number of carbonyl (C=O) groups excluding carboxylic acids is 1. The highest BCUT2D eigenvalue weighted by Crippen LogP contribution is 2.21. The number of amides is 1. The molecule has 0 aliphatic heterocycles. The molecule has 0 aliphatic carbocycles. The maximum absolute atomic E-state index is 13.9. The van der Waals surface area contributed by atoms with Crippen molar-refractivity contribution in [2.75, 3.05) is 4.90 Å². The summed E-state index contributed by atoms with van der Waals surface area (Å²) in [5.41, 5.74) is 1.57. The lowest BCUT2D eigenvalue weighted by atomic mass is 10.1. The zero-order valence-corrected chi connectivity index (χ0v) is 15.0. The van der Waals surface area contributed by atoms with Crippen LogP contribution in [0.15, 0.2) is 67.1 Å². The highest BCUT2D eigenvalue weighted by Gasteiger charge is 2.20. The van der Waals surface area contributed by atoms with Gasteiger partial charge < -0.3 is 10.1 Å². The number of anilines is 1. The Hall–Kier alpha value is -4.07. The quantitative estimate of drug-likeness (QED) is 0.502. The van der Waals surface area contributed by atoms with E-state index in [2.05, 4.69) is 15.0 Å². The van der Waals surface area contributed by atoms with E-state index in [1.54, 1.807) is 30.6 Å². The third-order valence-electron chi connectivity index (χ3n) is 4.50. The lowest BCUT2D eigenvalue weighted by Gasteiger charge is -2.18. The summed E-state index contributed by atoms with van der Waals surface area (Å²) in [4.78, 5) is 36.6. The predicted molar refractivity (Wildman–Crippen MR) is 104 cm³/mol. The van der Waals surface area contributed by atoms with E-state index >= 15 is 0 Å². The fraction of sp³-hybridized carbons (Fsp3) is 0.0476. The van der Waals surface area contributed by atoms with Crippen molar-refractivity contribution in [3.63, 3.8) is 0 Å². The number of hydrogen-bond donors (Lipinski definition) is 2. The Balaban J connectivity index is 1.61. The number of carbonyl (C=O) groups is 2. The van der Waals surface area contributed by atoms with Gasteiger partial charge in [-0.2, -0.15) is 0 Å². The Morgan fingerprint density at radius 3 is 2.62 bits per heavy atom. The van der Waals surface area contributed by atoms with Crippen molar-refractivity contribution in [3.8, 4) is 0 Å².